The third-order valence-electron chi connectivity index (χ3n) is 5.01. The Morgan fingerprint density at radius 2 is 2.09 bits per heavy atom. The lowest BCUT2D eigenvalue weighted by molar-refractivity contribution is 0.0784. The second-order valence-corrected chi connectivity index (χ2v) is 7.26. The number of aromatic amines is 1. The predicted octanol–water partition coefficient (Wildman–Crippen LogP) is 4.31. The number of H-pyrrole nitrogens is 1. The van der Waals surface area contributed by atoms with Crippen LogP contribution >= 0.6 is 0 Å². The maximum Gasteiger partial charge on any atom is 0.255 e. The summed E-state index contributed by atoms with van der Waals surface area (Å²) in [4.78, 5) is 19.0. The summed E-state index contributed by atoms with van der Waals surface area (Å²) in [5, 5.41) is 17.0. The van der Waals surface area contributed by atoms with Gasteiger partial charge in [0.2, 0.25) is 0 Å². The maximum atomic E-state index is 13.7. The standard InChI is InChI=1S/C24H20FN5O2/c1-3-32-21-10-18(12-27-23(21)16-5-4-6-20(25)9-16)24(31)30(2)14-19-8-15(11-26)7-17-13-28-29-22(17)19/h4-10,12-13H,3,14H2,1-2H3,(H,28,29). The zero-order valence-electron chi connectivity index (χ0n) is 17.6. The number of fused-ring (bicyclic) bond motifs is 1. The highest BCUT2D eigenvalue weighted by molar-refractivity contribution is 5.95. The average molecular weight is 429 g/mol. The Labute approximate surface area is 184 Å². The average Bonchev–Trinajstić information content (AvgIpc) is 3.27. The second-order valence-electron chi connectivity index (χ2n) is 7.26. The molecule has 4 aromatic rings. The molecule has 0 aliphatic rings. The summed E-state index contributed by atoms with van der Waals surface area (Å²) < 4.78 is 19.4. The number of pyridine rings is 1. The van der Waals surface area contributed by atoms with Gasteiger partial charge in [-0.15, -0.1) is 0 Å². The first-order chi connectivity index (χ1) is 15.5. The Kier molecular flexibility index (Phi) is 5.81. The van der Waals surface area contributed by atoms with Crippen LogP contribution in [0, 0.1) is 17.1 Å². The van der Waals surface area contributed by atoms with Crippen molar-refractivity contribution >= 4 is 16.8 Å². The summed E-state index contributed by atoms with van der Waals surface area (Å²) in [6.07, 6.45) is 3.10. The van der Waals surface area contributed by atoms with Gasteiger partial charge in [0.05, 0.1) is 35.5 Å². The van der Waals surface area contributed by atoms with Crippen LogP contribution in [-0.2, 0) is 6.54 Å². The molecular weight excluding hydrogens is 409 g/mol. The summed E-state index contributed by atoms with van der Waals surface area (Å²) in [5.41, 5.74) is 3.42. The molecule has 7 nitrogen and oxygen atoms in total. The molecule has 8 heteroatoms. The minimum Gasteiger partial charge on any atom is -0.492 e. The van der Waals surface area contributed by atoms with E-state index in [0.29, 0.717) is 34.7 Å². The van der Waals surface area contributed by atoms with Crippen molar-refractivity contribution in [3.05, 3.63) is 77.4 Å². The molecule has 0 radical (unpaired) electrons. The van der Waals surface area contributed by atoms with Gasteiger partial charge in [0.1, 0.15) is 17.3 Å². The Morgan fingerprint density at radius 1 is 1.25 bits per heavy atom. The topological polar surface area (TPSA) is 94.9 Å². The molecule has 0 saturated heterocycles. The van der Waals surface area contributed by atoms with Crippen molar-refractivity contribution in [2.75, 3.05) is 13.7 Å². The molecule has 0 unspecified atom stereocenters. The molecule has 1 N–H and O–H groups in total. The number of nitriles is 1. The predicted molar refractivity (Wildman–Crippen MR) is 117 cm³/mol. The Morgan fingerprint density at radius 3 is 2.84 bits per heavy atom. The minimum atomic E-state index is -0.378. The highest BCUT2D eigenvalue weighted by Crippen LogP contribution is 2.30. The van der Waals surface area contributed by atoms with E-state index in [2.05, 4.69) is 21.3 Å². The summed E-state index contributed by atoms with van der Waals surface area (Å²) in [6.45, 7) is 2.46. The number of rotatable bonds is 6. The van der Waals surface area contributed by atoms with E-state index in [1.54, 1.807) is 43.6 Å². The Balaban J connectivity index is 1.64. The maximum absolute atomic E-state index is 13.7. The summed E-state index contributed by atoms with van der Waals surface area (Å²) in [7, 11) is 1.67. The Bertz CT molecular complexity index is 1340. The number of ether oxygens (including phenoxy) is 1. The zero-order chi connectivity index (χ0) is 22.7. The highest BCUT2D eigenvalue weighted by Gasteiger charge is 2.18. The van der Waals surface area contributed by atoms with E-state index in [4.69, 9.17) is 4.74 Å². The second kappa shape index (κ2) is 8.86. The van der Waals surface area contributed by atoms with Gasteiger partial charge in [0, 0.05) is 30.7 Å². The van der Waals surface area contributed by atoms with Crippen LogP contribution in [0.4, 0.5) is 4.39 Å². The fourth-order valence-corrected chi connectivity index (χ4v) is 3.55. The lowest BCUT2D eigenvalue weighted by Gasteiger charge is -2.19. The van der Waals surface area contributed by atoms with Crippen LogP contribution in [0.25, 0.3) is 22.2 Å². The van der Waals surface area contributed by atoms with Crippen LogP contribution in [0.15, 0.2) is 54.9 Å². The number of carbonyl (C=O) groups excluding carboxylic acids is 1. The SMILES string of the molecule is CCOc1cc(C(=O)N(C)Cc2cc(C#N)cc3cn[nH]c23)cnc1-c1cccc(F)c1. The number of carbonyl (C=O) groups is 1. The molecule has 4 rings (SSSR count). The van der Waals surface area contributed by atoms with E-state index in [-0.39, 0.29) is 18.3 Å². The van der Waals surface area contributed by atoms with Crippen molar-refractivity contribution in [2.45, 2.75) is 13.5 Å². The number of hydrogen-bond acceptors (Lipinski definition) is 5. The van der Waals surface area contributed by atoms with Crippen LogP contribution in [0.2, 0.25) is 0 Å². The zero-order valence-corrected chi connectivity index (χ0v) is 17.6. The molecule has 0 fully saturated rings. The van der Waals surface area contributed by atoms with Gasteiger partial charge in [-0.1, -0.05) is 12.1 Å². The van der Waals surface area contributed by atoms with E-state index in [9.17, 15) is 14.4 Å². The lowest BCUT2D eigenvalue weighted by atomic mass is 10.1. The fourth-order valence-electron chi connectivity index (χ4n) is 3.55. The molecule has 32 heavy (non-hydrogen) atoms. The van der Waals surface area contributed by atoms with Crippen molar-refractivity contribution in [1.29, 1.82) is 5.26 Å². The highest BCUT2D eigenvalue weighted by atomic mass is 19.1. The van der Waals surface area contributed by atoms with Crippen molar-refractivity contribution in [1.82, 2.24) is 20.1 Å². The van der Waals surface area contributed by atoms with Gasteiger partial charge in [0.15, 0.2) is 0 Å². The van der Waals surface area contributed by atoms with Gasteiger partial charge in [-0.2, -0.15) is 10.4 Å². The molecule has 2 heterocycles. The number of nitrogens with one attached hydrogen (secondary N) is 1. The molecule has 0 atom stereocenters. The first-order valence-electron chi connectivity index (χ1n) is 10.0. The van der Waals surface area contributed by atoms with Gasteiger partial charge in [-0.25, -0.2) is 4.39 Å². The molecule has 0 aliphatic carbocycles. The van der Waals surface area contributed by atoms with Crippen LogP contribution in [0.5, 0.6) is 5.75 Å². The Hall–Kier alpha value is -4.25. The van der Waals surface area contributed by atoms with E-state index in [0.717, 1.165) is 16.5 Å². The van der Waals surface area contributed by atoms with Gasteiger partial charge in [-0.3, -0.25) is 14.9 Å². The fraction of sp³-hybridized carbons (Fsp3) is 0.167. The number of halogens is 1. The van der Waals surface area contributed by atoms with E-state index >= 15 is 0 Å². The van der Waals surface area contributed by atoms with Gasteiger partial charge >= 0.3 is 0 Å². The van der Waals surface area contributed by atoms with Crippen LogP contribution < -0.4 is 4.74 Å². The summed E-state index contributed by atoms with van der Waals surface area (Å²) in [5.74, 6) is -0.240. The van der Waals surface area contributed by atoms with Crippen molar-refractivity contribution in [2.24, 2.45) is 0 Å². The van der Waals surface area contributed by atoms with Crippen molar-refractivity contribution < 1.29 is 13.9 Å². The molecule has 160 valence electrons. The normalized spacial score (nSPS) is 10.7. The smallest absolute Gasteiger partial charge is 0.255 e. The lowest BCUT2D eigenvalue weighted by Crippen LogP contribution is -2.26. The summed E-state index contributed by atoms with van der Waals surface area (Å²) >= 11 is 0. The molecule has 2 aromatic heterocycles. The number of aromatic nitrogens is 3. The molecule has 2 aromatic carbocycles. The van der Waals surface area contributed by atoms with Gasteiger partial charge < -0.3 is 9.64 Å². The first-order valence-corrected chi connectivity index (χ1v) is 10.0. The van der Waals surface area contributed by atoms with Crippen molar-refractivity contribution in [3.63, 3.8) is 0 Å². The summed E-state index contributed by atoms with van der Waals surface area (Å²) in [6, 6.07) is 13.3. The number of hydrogen-bond donors (Lipinski definition) is 1. The van der Waals surface area contributed by atoms with Crippen LogP contribution in [0.1, 0.15) is 28.4 Å². The van der Waals surface area contributed by atoms with Crippen LogP contribution in [0.3, 0.4) is 0 Å². The number of nitrogens with zero attached hydrogens (tertiary/aromatic N) is 4. The molecule has 1 amide bonds. The van der Waals surface area contributed by atoms with E-state index < -0.39 is 0 Å². The molecule has 0 spiro atoms. The van der Waals surface area contributed by atoms with Crippen molar-refractivity contribution in [3.8, 4) is 23.1 Å². The third-order valence-corrected chi connectivity index (χ3v) is 5.01. The van der Waals surface area contributed by atoms with Gasteiger partial charge in [0.25, 0.3) is 5.91 Å². The minimum absolute atomic E-state index is 0.265. The van der Waals surface area contributed by atoms with E-state index in [1.165, 1.54) is 23.2 Å². The van der Waals surface area contributed by atoms with E-state index in [1.807, 2.05) is 6.92 Å². The third kappa shape index (κ3) is 4.14. The number of benzene rings is 2. The van der Waals surface area contributed by atoms with Crippen LogP contribution in [-0.4, -0.2) is 39.6 Å². The molecule has 0 bridgehead atoms. The quantitative estimate of drug-likeness (QED) is 0.493. The molecule has 0 aliphatic heterocycles. The monoisotopic (exact) mass is 429 g/mol. The first kappa shape index (κ1) is 21.0. The molecular formula is C24H20FN5O2. The van der Waals surface area contributed by atoms with Gasteiger partial charge in [-0.05, 0) is 42.8 Å². The largest absolute Gasteiger partial charge is 0.492 e. The number of amides is 1. The molecule has 0 saturated carbocycles.